The van der Waals surface area contributed by atoms with Gasteiger partial charge in [0, 0.05) is 12.8 Å². The van der Waals surface area contributed by atoms with Crippen molar-refractivity contribution in [3.05, 3.63) is 23.3 Å². The van der Waals surface area contributed by atoms with Crippen molar-refractivity contribution in [2.75, 3.05) is 0 Å². The van der Waals surface area contributed by atoms with Gasteiger partial charge in [-0.3, -0.25) is 9.59 Å². The fraction of sp³-hybridized carbons (Fsp3) is 0.700. The topological polar surface area (TPSA) is 34.1 Å². The minimum atomic E-state index is 0.149. The van der Waals surface area contributed by atoms with Gasteiger partial charge in [-0.1, -0.05) is 25.0 Å². The summed E-state index contributed by atoms with van der Waals surface area (Å²) in [5, 5.41) is 0. The molecule has 2 nitrogen and oxygen atoms in total. The summed E-state index contributed by atoms with van der Waals surface area (Å²) in [7, 11) is 0. The minimum absolute atomic E-state index is 0.149. The molecular formula is C20H30O2. The van der Waals surface area contributed by atoms with Crippen LogP contribution >= 0.6 is 0 Å². The van der Waals surface area contributed by atoms with Crippen LogP contribution < -0.4 is 0 Å². The van der Waals surface area contributed by atoms with Gasteiger partial charge in [0.1, 0.15) is 0 Å². The summed E-state index contributed by atoms with van der Waals surface area (Å²) in [6.45, 7) is 10.6. The SMILES string of the molecule is CC(C)=CC(=O)C[C@@H](C)[C@H]1CC[C@]2(C)CC(=O)C=C(C)[C@H]2C1. The second kappa shape index (κ2) is 6.52. The Morgan fingerprint density at radius 2 is 2.14 bits per heavy atom. The van der Waals surface area contributed by atoms with E-state index in [1.807, 2.05) is 19.9 Å². The Hall–Kier alpha value is -1.18. The third-order valence-corrected chi connectivity index (χ3v) is 5.76. The maximum absolute atomic E-state index is 12.0. The van der Waals surface area contributed by atoms with E-state index in [1.165, 1.54) is 5.57 Å². The lowest BCUT2D eigenvalue weighted by molar-refractivity contribution is -0.119. The van der Waals surface area contributed by atoms with Gasteiger partial charge in [0.25, 0.3) is 0 Å². The van der Waals surface area contributed by atoms with Crippen LogP contribution in [0, 0.1) is 23.2 Å². The van der Waals surface area contributed by atoms with Crippen molar-refractivity contribution in [2.24, 2.45) is 23.2 Å². The summed E-state index contributed by atoms with van der Waals surface area (Å²) in [6.07, 6.45) is 8.38. The molecule has 2 aliphatic rings. The highest BCUT2D eigenvalue weighted by atomic mass is 16.1. The number of carbonyl (C=O) groups is 2. The van der Waals surface area contributed by atoms with Crippen molar-refractivity contribution >= 4 is 11.6 Å². The van der Waals surface area contributed by atoms with Gasteiger partial charge in [0.2, 0.25) is 0 Å². The van der Waals surface area contributed by atoms with E-state index in [0.29, 0.717) is 36.4 Å². The highest BCUT2D eigenvalue weighted by molar-refractivity contribution is 5.92. The molecule has 0 spiro atoms. The smallest absolute Gasteiger partial charge is 0.156 e. The van der Waals surface area contributed by atoms with Crippen LogP contribution in [0.5, 0.6) is 0 Å². The second-order valence-electron chi connectivity index (χ2n) is 8.14. The summed E-state index contributed by atoms with van der Waals surface area (Å²) >= 11 is 0. The molecule has 2 rings (SSSR count). The third kappa shape index (κ3) is 3.77. The Morgan fingerprint density at radius 3 is 2.77 bits per heavy atom. The van der Waals surface area contributed by atoms with Crippen LogP contribution in [-0.4, -0.2) is 11.6 Å². The molecule has 0 aromatic heterocycles. The molecule has 0 aromatic rings. The molecule has 0 bridgehead atoms. The van der Waals surface area contributed by atoms with Crippen LogP contribution in [0.1, 0.15) is 66.7 Å². The van der Waals surface area contributed by atoms with Gasteiger partial charge < -0.3 is 0 Å². The van der Waals surface area contributed by atoms with Crippen LogP contribution in [0.3, 0.4) is 0 Å². The zero-order valence-corrected chi connectivity index (χ0v) is 14.7. The summed E-state index contributed by atoms with van der Waals surface area (Å²) < 4.78 is 0. The summed E-state index contributed by atoms with van der Waals surface area (Å²) in [5.41, 5.74) is 2.49. The zero-order valence-electron chi connectivity index (χ0n) is 14.7. The van der Waals surface area contributed by atoms with Gasteiger partial charge in [-0.05, 0) is 75.4 Å². The monoisotopic (exact) mass is 302 g/mol. The molecule has 0 unspecified atom stereocenters. The first-order valence-corrected chi connectivity index (χ1v) is 8.60. The van der Waals surface area contributed by atoms with Crippen molar-refractivity contribution in [2.45, 2.75) is 66.7 Å². The number of hydrogen-bond acceptors (Lipinski definition) is 2. The van der Waals surface area contributed by atoms with E-state index >= 15 is 0 Å². The number of allylic oxidation sites excluding steroid dienone is 4. The van der Waals surface area contributed by atoms with E-state index < -0.39 is 0 Å². The summed E-state index contributed by atoms with van der Waals surface area (Å²) in [5.74, 6) is 2.10. The molecule has 122 valence electrons. The van der Waals surface area contributed by atoms with Crippen LogP contribution in [0.4, 0.5) is 0 Å². The second-order valence-corrected chi connectivity index (χ2v) is 8.14. The molecule has 1 saturated carbocycles. The van der Waals surface area contributed by atoms with E-state index in [2.05, 4.69) is 20.8 Å². The van der Waals surface area contributed by atoms with Gasteiger partial charge in [0.15, 0.2) is 11.6 Å². The van der Waals surface area contributed by atoms with Gasteiger partial charge in [-0.25, -0.2) is 0 Å². The number of fused-ring (bicyclic) bond motifs is 1. The normalized spacial score (nSPS) is 32.8. The molecule has 0 amide bonds. The molecule has 22 heavy (non-hydrogen) atoms. The van der Waals surface area contributed by atoms with Crippen molar-refractivity contribution in [1.82, 2.24) is 0 Å². The number of rotatable bonds is 4. The number of ketones is 2. The Labute approximate surface area is 135 Å². The Morgan fingerprint density at radius 1 is 1.45 bits per heavy atom. The highest BCUT2D eigenvalue weighted by Crippen LogP contribution is 2.52. The van der Waals surface area contributed by atoms with E-state index in [9.17, 15) is 9.59 Å². The maximum atomic E-state index is 12.0. The summed E-state index contributed by atoms with van der Waals surface area (Å²) in [4.78, 5) is 23.9. The third-order valence-electron chi connectivity index (χ3n) is 5.76. The first kappa shape index (κ1) is 17.2. The molecule has 0 N–H and O–H groups in total. The van der Waals surface area contributed by atoms with Crippen molar-refractivity contribution in [1.29, 1.82) is 0 Å². The van der Waals surface area contributed by atoms with Gasteiger partial charge in [0.05, 0.1) is 0 Å². The molecule has 4 atom stereocenters. The fourth-order valence-electron chi connectivity index (χ4n) is 4.53. The van der Waals surface area contributed by atoms with Crippen molar-refractivity contribution < 1.29 is 9.59 Å². The minimum Gasteiger partial charge on any atom is -0.295 e. The average Bonchev–Trinajstić information content (AvgIpc) is 2.35. The lowest BCUT2D eigenvalue weighted by atomic mass is 9.56. The van der Waals surface area contributed by atoms with E-state index in [-0.39, 0.29) is 11.2 Å². The Kier molecular flexibility index (Phi) is 5.09. The molecule has 2 aliphatic carbocycles. The van der Waals surface area contributed by atoms with Crippen molar-refractivity contribution in [3.8, 4) is 0 Å². The lowest BCUT2D eigenvalue weighted by Crippen LogP contribution is -2.40. The van der Waals surface area contributed by atoms with E-state index in [1.54, 1.807) is 6.08 Å². The van der Waals surface area contributed by atoms with Crippen molar-refractivity contribution in [3.63, 3.8) is 0 Å². The predicted octanol–water partition coefficient (Wildman–Crippen LogP) is 4.89. The molecule has 0 heterocycles. The predicted molar refractivity (Wildman–Crippen MR) is 90.5 cm³/mol. The van der Waals surface area contributed by atoms with E-state index in [0.717, 1.165) is 24.8 Å². The molecule has 0 radical (unpaired) electrons. The molecular weight excluding hydrogens is 272 g/mol. The van der Waals surface area contributed by atoms with Crippen LogP contribution in [-0.2, 0) is 9.59 Å². The number of carbonyl (C=O) groups excluding carboxylic acids is 2. The van der Waals surface area contributed by atoms with Crippen LogP contribution in [0.15, 0.2) is 23.3 Å². The maximum Gasteiger partial charge on any atom is 0.156 e. The first-order valence-electron chi connectivity index (χ1n) is 8.60. The lowest BCUT2D eigenvalue weighted by Gasteiger charge is -2.48. The first-order chi connectivity index (χ1) is 10.2. The summed E-state index contributed by atoms with van der Waals surface area (Å²) in [6, 6.07) is 0. The molecule has 1 fully saturated rings. The van der Waals surface area contributed by atoms with E-state index in [4.69, 9.17) is 0 Å². The van der Waals surface area contributed by atoms with Gasteiger partial charge in [-0.2, -0.15) is 0 Å². The highest BCUT2D eigenvalue weighted by Gasteiger charge is 2.44. The van der Waals surface area contributed by atoms with Crippen LogP contribution in [0.25, 0.3) is 0 Å². The molecule has 2 heteroatoms. The van der Waals surface area contributed by atoms with Gasteiger partial charge >= 0.3 is 0 Å². The standard InChI is InChI=1S/C20H30O2/c1-13(2)8-17(21)9-14(3)16-6-7-20(5)12-18(22)10-15(4)19(20)11-16/h8,10,14,16,19H,6-7,9,11-12H2,1-5H3/t14-,16+,19-,20-/m1/s1. The Bertz CT molecular complexity index is 522. The fourth-order valence-corrected chi connectivity index (χ4v) is 4.53. The molecule has 0 saturated heterocycles. The molecule has 0 aliphatic heterocycles. The number of hydrogen-bond donors (Lipinski definition) is 0. The average molecular weight is 302 g/mol. The van der Waals surface area contributed by atoms with Crippen LogP contribution in [0.2, 0.25) is 0 Å². The Balaban J connectivity index is 2.05. The van der Waals surface area contributed by atoms with Gasteiger partial charge in [-0.15, -0.1) is 0 Å². The quantitative estimate of drug-likeness (QED) is 0.693. The largest absolute Gasteiger partial charge is 0.295 e. The zero-order chi connectivity index (χ0) is 16.5. The molecule has 0 aromatic carbocycles.